The van der Waals surface area contributed by atoms with Crippen molar-refractivity contribution in [2.24, 2.45) is 0 Å². The quantitative estimate of drug-likeness (QED) is 0.249. The highest BCUT2D eigenvalue weighted by atomic mass is 16.5. The van der Waals surface area contributed by atoms with Crippen molar-refractivity contribution in [2.45, 2.75) is 59.6 Å². The average molecular weight is 588 g/mol. The van der Waals surface area contributed by atoms with E-state index in [0.29, 0.717) is 26.1 Å². The molecule has 11 nitrogen and oxygen atoms in total. The lowest BCUT2D eigenvalue weighted by Gasteiger charge is -2.27. The van der Waals surface area contributed by atoms with Crippen LogP contribution in [0.25, 0.3) is 0 Å². The van der Waals surface area contributed by atoms with Crippen molar-refractivity contribution in [1.29, 1.82) is 0 Å². The highest BCUT2D eigenvalue weighted by molar-refractivity contribution is 6.26. The summed E-state index contributed by atoms with van der Waals surface area (Å²) in [5, 5.41) is 19.1. The molecule has 0 aliphatic heterocycles. The maximum absolute atomic E-state index is 13.4. The Morgan fingerprint density at radius 1 is 0.905 bits per heavy atom. The molecule has 0 bridgehead atoms. The number of carboxylic acid groups (broad SMARTS) is 2. The van der Waals surface area contributed by atoms with Crippen LogP contribution in [0.15, 0.2) is 54.6 Å². The molecule has 0 aliphatic carbocycles. The summed E-state index contributed by atoms with van der Waals surface area (Å²) in [6.45, 7) is 13.7. The van der Waals surface area contributed by atoms with Crippen LogP contribution in [-0.4, -0.2) is 79.3 Å². The predicted octanol–water partition coefficient (Wildman–Crippen LogP) is 1.30. The van der Waals surface area contributed by atoms with Gasteiger partial charge in [-0.15, -0.1) is 0 Å². The third-order valence-electron chi connectivity index (χ3n) is 6.36. The molecule has 1 atom stereocenters. The van der Waals surface area contributed by atoms with Crippen molar-refractivity contribution in [3.8, 4) is 5.75 Å². The van der Waals surface area contributed by atoms with Gasteiger partial charge in [-0.3, -0.25) is 4.79 Å². The van der Waals surface area contributed by atoms with Gasteiger partial charge in [-0.1, -0.05) is 56.3 Å². The number of amides is 2. The second-order valence-corrected chi connectivity index (χ2v) is 9.58. The Morgan fingerprint density at radius 3 is 1.98 bits per heavy atom. The van der Waals surface area contributed by atoms with Crippen molar-refractivity contribution >= 4 is 23.9 Å². The van der Waals surface area contributed by atoms with Crippen LogP contribution in [0.4, 0.5) is 4.79 Å². The van der Waals surface area contributed by atoms with Gasteiger partial charge in [0.15, 0.2) is 5.97 Å². The zero-order valence-electron chi connectivity index (χ0n) is 25.1. The average Bonchev–Trinajstić information content (AvgIpc) is 2.99. The van der Waals surface area contributed by atoms with Crippen LogP contribution in [0.1, 0.15) is 51.7 Å². The minimum atomic E-state index is -2.07. The standard InChI is InChI=1S/C29H43N3O4.C2H2O4/c1-5-18-32(19-6-2)28(33)27(30-29(34)36-23-25-12-10-9-11-13-25)22-24-14-16-26(17-15-24)35-21-20-31(7-3)8-4;3-1(4)2(5)6/h9-17,27H,5-8,18-23H2,1-4H3,(H,30,34);(H,3,4)(H,5,6). The van der Waals surface area contributed by atoms with Gasteiger partial charge in [0.05, 0.1) is 13.1 Å². The van der Waals surface area contributed by atoms with Gasteiger partial charge in [0.2, 0.25) is 5.91 Å². The van der Waals surface area contributed by atoms with Crippen LogP contribution in [0.2, 0.25) is 0 Å². The molecule has 0 aliphatic rings. The lowest BCUT2D eigenvalue weighted by molar-refractivity contribution is -0.896. The second kappa shape index (κ2) is 20.7. The number of carboxylic acids is 2. The number of aliphatic carboxylic acids is 2. The van der Waals surface area contributed by atoms with Gasteiger partial charge in [0, 0.05) is 19.5 Å². The van der Waals surface area contributed by atoms with Crippen LogP contribution in [0, 0.1) is 0 Å². The Labute approximate surface area is 248 Å². The number of rotatable bonds is 16. The summed E-state index contributed by atoms with van der Waals surface area (Å²) < 4.78 is 11.3. The van der Waals surface area contributed by atoms with Crippen molar-refractivity contribution in [2.75, 3.05) is 39.3 Å². The van der Waals surface area contributed by atoms with Crippen molar-refractivity contribution in [1.82, 2.24) is 10.2 Å². The van der Waals surface area contributed by atoms with Crippen molar-refractivity contribution < 1.29 is 43.8 Å². The zero-order valence-corrected chi connectivity index (χ0v) is 25.1. The van der Waals surface area contributed by atoms with E-state index >= 15 is 0 Å². The number of benzene rings is 2. The number of ether oxygens (including phenoxy) is 2. The number of likely N-dealkylation sites (N-methyl/N-ethyl adjacent to an activating group) is 1. The van der Waals surface area contributed by atoms with E-state index in [1.165, 1.54) is 4.90 Å². The Kier molecular flexibility index (Phi) is 17.7. The highest BCUT2D eigenvalue weighted by Gasteiger charge is 2.26. The van der Waals surface area contributed by atoms with E-state index in [-0.39, 0.29) is 12.5 Å². The molecule has 2 aromatic carbocycles. The summed E-state index contributed by atoms with van der Waals surface area (Å²) in [6, 6.07) is 16.6. The molecule has 2 rings (SSSR count). The Morgan fingerprint density at radius 2 is 1.48 bits per heavy atom. The molecule has 2 aromatic rings. The first kappa shape index (κ1) is 35.9. The number of carbonyl (C=O) groups excluding carboxylic acids is 3. The lowest BCUT2D eigenvalue weighted by Crippen LogP contribution is -3.12. The fourth-order valence-electron chi connectivity index (χ4n) is 4.07. The third-order valence-corrected chi connectivity index (χ3v) is 6.36. The molecule has 0 aromatic heterocycles. The first-order chi connectivity index (χ1) is 20.1. The Hall–Kier alpha value is -4.12. The number of nitrogens with one attached hydrogen (secondary N) is 2. The largest absolute Gasteiger partial charge is 0.539 e. The minimum Gasteiger partial charge on any atom is -0.539 e. The molecule has 0 radical (unpaired) electrons. The SMILES string of the molecule is CCCN(CCC)C(=O)C(Cc1ccc(OCC[NH+](CC)CC)cc1)NC(=O)OCc1ccccc1.O=C([O-])C(=O)O. The van der Waals surface area contributed by atoms with Gasteiger partial charge in [0.25, 0.3) is 0 Å². The molecule has 1 unspecified atom stereocenters. The Balaban J connectivity index is 0.00000132. The van der Waals surface area contributed by atoms with E-state index in [9.17, 15) is 9.59 Å². The molecule has 11 heteroatoms. The third kappa shape index (κ3) is 14.5. The van der Waals surface area contributed by atoms with Crippen molar-refractivity contribution in [3.05, 3.63) is 65.7 Å². The van der Waals surface area contributed by atoms with E-state index in [1.54, 1.807) is 0 Å². The second-order valence-electron chi connectivity index (χ2n) is 9.58. The number of alkyl carbamates (subject to hydrolysis) is 1. The molecule has 42 heavy (non-hydrogen) atoms. The first-order valence-electron chi connectivity index (χ1n) is 14.4. The van der Waals surface area contributed by atoms with E-state index < -0.39 is 24.1 Å². The maximum atomic E-state index is 13.4. The maximum Gasteiger partial charge on any atom is 0.408 e. The van der Waals surface area contributed by atoms with Gasteiger partial charge < -0.3 is 39.6 Å². The van der Waals surface area contributed by atoms with Crippen LogP contribution >= 0.6 is 0 Å². The van der Waals surface area contributed by atoms with Gasteiger partial charge in [0.1, 0.15) is 31.5 Å². The molecule has 0 spiro atoms. The molecule has 0 fully saturated rings. The van der Waals surface area contributed by atoms with E-state index in [0.717, 1.165) is 49.4 Å². The number of carbonyl (C=O) groups is 4. The Bertz CT molecular complexity index is 1060. The van der Waals surface area contributed by atoms with Gasteiger partial charge >= 0.3 is 12.1 Å². The van der Waals surface area contributed by atoms with Crippen LogP contribution < -0.4 is 20.1 Å². The smallest absolute Gasteiger partial charge is 0.408 e. The molecular formula is C31H45N3O8. The van der Waals surface area contributed by atoms with E-state index in [1.807, 2.05) is 73.3 Å². The normalized spacial score (nSPS) is 11.1. The topological polar surface area (TPSA) is 150 Å². The first-order valence-corrected chi connectivity index (χ1v) is 14.4. The zero-order chi connectivity index (χ0) is 31.3. The van der Waals surface area contributed by atoms with Gasteiger partial charge in [-0.05, 0) is 49.9 Å². The lowest BCUT2D eigenvalue weighted by atomic mass is 10.0. The molecular weight excluding hydrogens is 542 g/mol. The van der Waals surface area contributed by atoms with Crippen LogP contribution in [-0.2, 0) is 32.1 Å². The fourth-order valence-corrected chi connectivity index (χ4v) is 4.07. The molecule has 0 heterocycles. The molecule has 0 saturated heterocycles. The molecule has 3 N–H and O–H groups in total. The summed E-state index contributed by atoms with van der Waals surface area (Å²) >= 11 is 0. The van der Waals surface area contributed by atoms with Crippen LogP contribution in [0.3, 0.4) is 0 Å². The summed E-state index contributed by atoms with van der Waals surface area (Å²) in [6.07, 6.45) is 1.51. The number of hydrogen-bond donors (Lipinski definition) is 3. The van der Waals surface area contributed by atoms with Gasteiger partial charge in [-0.25, -0.2) is 9.59 Å². The number of hydrogen-bond acceptors (Lipinski definition) is 7. The van der Waals surface area contributed by atoms with E-state index in [2.05, 4.69) is 19.2 Å². The van der Waals surface area contributed by atoms with E-state index in [4.69, 9.17) is 29.3 Å². The summed E-state index contributed by atoms with van der Waals surface area (Å²) in [5.74, 6) is -3.29. The molecule has 232 valence electrons. The monoisotopic (exact) mass is 587 g/mol. The van der Waals surface area contributed by atoms with Crippen LogP contribution in [0.5, 0.6) is 5.75 Å². The minimum absolute atomic E-state index is 0.0853. The molecule has 2 amide bonds. The number of nitrogens with zero attached hydrogens (tertiary/aromatic N) is 1. The fraction of sp³-hybridized carbons (Fsp3) is 0.484. The van der Waals surface area contributed by atoms with Crippen molar-refractivity contribution in [3.63, 3.8) is 0 Å². The predicted molar refractivity (Wildman–Crippen MR) is 156 cm³/mol. The number of quaternary nitrogens is 1. The molecule has 0 saturated carbocycles. The summed E-state index contributed by atoms with van der Waals surface area (Å²) in [5.41, 5.74) is 1.85. The van der Waals surface area contributed by atoms with Gasteiger partial charge in [-0.2, -0.15) is 0 Å². The summed E-state index contributed by atoms with van der Waals surface area (Å²) in [4.78, 5) is 47.4. The summed E-state index contributed by atoms with van der Waals surface area (Å²) in [7, 11) is 0. The highest BCUT2D eigenvalue weighted by Crippen LogP contribution is 2.15.